The highest BCUT2D eigenvalue weighted by molar-refractivity contribution is 5.97. The van der Waals surface area contributed by atoms with Crippen molar-refractivity contribution in [3.63, 3.8) is 0 Å². The van der Waals surface area contributed by atoms with Gasteiger partial charge in [0.2, 0.25) is 5.95 Å². The normalized spacial score (nSPS) is 17.2. The zero-order chi connectivity index (χ0) is 19.7. The third-order valence-corrected chi connectivity index (χ3v) is 5.04. The molecular formula is C19H25N7O2. The van der Waals surface area contributed by atoms with Crippen LogP contribution in [-0.4, -0.2) is 53.1 Å². The minimum atomic E-state index is 0.234. The van der Waals surface area contributed by atoms with Gasteiger partial charge in [-0.25, -0.2) is 4.98 Å². The first kappa shape index (κ1) is 18.3. The van der Waals surface area contributed by atoms with Crippen LogP contribution in [0.5, 0.6) is 5.75 Å². The van der Waals surface area contributed by atoms with Crippen molar-refractivity contribution in [1.82, 2.24) is 20.2 Å². The third-order valence-electron chi connectivity index (χ3n) is 5.04. The Morgan fingerprint density at radius 1 is 1.29 bits per heavy atom. The van der Waals surface area contributed by atoms with E-state index >= 15 is 0 Å². The van der Waals surface area contributed by atoms with Crippen molar-refractivity contribution in [2.24, 2.45) is 0 Å². The zero-order valence-corrected chi connectivity index (χ0v) is 16.1. The minimum Gasteiger partial charge on any atom is -0.496 e. The van der Waals surface area contributed by atoms with Crippen LogP contribution in [0.4, 0.5) is 17.6 Å². The van der Waals surface area contributed by atoms with E-state index in [1.165, 1.54) is 0 Å². The first-order valence-electron chi connectivity index (χ1n) is 9.41. The predicted octanol–water partition coefficient (Wildman–Crippen LogP) is 2.20. The van der Waals surface area contributed by atoms with E-state index in [1.54, 1.807) is 7.11 Å². The van der Waals surface area contributed by atoms with E-state index < -0.39 is 0 Å². The van der Waals surface area contributed by atoms with Crippen molar-refractivity contribution in [3.05, 3.63) is 18.2 Å². The maximum absolute atomic E-state index is 6.06. The van der Waals surface area contributed by atoms with E-state index in [1.807, 2.05) is 18.2 Å². The largest absolute Gasteiger partial charge is 0.496 e. The lowest BCUT2D eigenvalue weighted by Gasteiger charge is -2.36. The number of hydrogen-bond acceptors (Lipinski definition) is 8. The van der Waals surface area contributed by atoms with Gasteiger partial charge in [-0.3, -0.25) is 5.10 Å². The number of methoxy groups -OCH3 is 1. The molecule has 0 radical (unpaired) electrons. The zero-order valence-electron chi connectivity index (χ0n) is 16.1. The van der Waals surface area contributed by atoms with Gasteiger partial charge < -0.3 is 25.8 Å². The van der Waals surface area contributed by atoms with Crippen LogP contribution in [0.15, 0.2) is 18.2 Å². The van der Waals surface area contributed by atoms with Gasteiger partial charge in [-0.15, -0.1) is 0 Å². The Balaban J connectivity index is 1.78. The van der Waals surface area contributed by atoms with E-state index in [9.17, 15) is 0 Å². The molecule has 28 heavy (non-hydrogen) atoms. The highest BCUT2D eigenvalue weighted by atomic mass is 16.5. The molecular weight excluding hydrogens is 358 g/mol. The Labute approximate surface area is 163 Å². The molecule has 2 aromatic heterocycles. The number of aromatic nitrogens is 4. The average molecular weight is 383 g/mol. The smallest absolute Gasteiger partial charge is 0.222 e. The second-order valence-corrected chi connectivity index (χ2v) is 6.89. The summed E-state index contributed by atoms with van der Waals surface area (Å²) in [7, 11) is 1.60. The van der Waals surface area contributed by atoms with Crippen LogP contribution in [0.3, 0.4) is 0 Å². The van der Waals surface area contributed by atoms with Gasteiger partial charge >= 0.3 is 0 Å². The third kappa shape index (κ3) is 3.29. The second-order valence-electron chi connectivity index (χ2n) is 6.89. The fourth-order valence-electron chi connectivity index (χ4n) is 3.73. The van der Waals surface area contributed by atoms with Crippen molar-refractivity contribution < 1.29 is 9.47 Å². The molecule has 1 aromatic carbocycles. The van der Waals surface area contributed by atoms with Crippen LogP contribution < -0.4 is 21.1 Å². The molecule has 1 atom stereocenters. The maximum Gasteiger partial charge on any atom is 0.222 e. The lowest BCUT2D eigenvalue weighted by Crippen LogP contribution is -2.46. The second kappa shape index (κ2) is 7.51. The number of ether oxygens (including phenoxy) is 2. The van der Waals surface area contributed by atoms with Gasteiger partial charge in [0, 0.05) is 18.2 Å². The standard InChI is InChI=1S/C19H25N7O2/c1-3-4-12-10-28-6-5-26(12)16-9-13(22-19(21)23-16)11-7-14-17(15(8-11)27-2)18(20)25-24-14/h7-9,12H,3-6,10H2,1-2H3,(H3,20,24,25)(H2,21,22,23)/t12-/m1/s1. The van der Waals surface area contributed by atoms with Gasteiger partial charge in [-0.05, 0) is 18.6 Å². The molecule has 0 aliphatic carbocycles. The van der Waals surface area contributed by atoms with Gasteiger partial charge in [-0.2, -0.15) is 10.1 Å². The van der Waals surface area contributed by atoms with Crippen molar-refractivity contribution in [3.8, 4) is 17.0 Å². The number of aromatic amines is 1. The summed E-state index contributed by atoms with van der Waals surface area (Å²) >= 11 is 0. The topological polar surface area (TPSA) is 128 Å². The minimum absolute atomic E-state index is 0.234. The van der Waals surface area contributed by atoms with Crippen molar-refractivity contribution in [2.45, 2.75) is 25.8 Å². The van der Waals surface area contributed by atoms with Crippen LogP contribution in [-0.2, 0) is 4.74 Å². The molecule has 5 N–H and O–H groups in total. The van der Waals surface area contributed by atoms with Crippen LogP contribution in [0.1, 0.15) is 19.8 Å². The number of H-pyrrole nitrogens is 1. The van der Waals surface area contributed by atoms with Gasteiger partial charge in [-0.1, -0.05) is 13.3 Å². The van der Waals surface area contributed by atoms with E-state index in [0.717, 1.165) is 47.4 Å². The summed E-state index contributed by atoms with van der Waals surface area (Å²) in [6, 6.07) is 6.08. The lowest BCUT2D eigenvalue weighted by atomic mass is 10.1. The number of benzene rings is 1. The van der Waals surface area contributed by atoms with Crippen molar-refractivity contribution >= 4 is 28.5 Å². The van der Waals surface area contributed by atoms with Crippen LogP contribution in [0, 0.1) is 0 Å². The molecule has 1 aliphatic rings. The SMILES string of the molecule is CCC[C@@H]1COCCN1c1cc(-c2cc(OC)c3c(N)n[nH]c3c2)nc(N)n1. The van der Waals surface area contributed by atoms with E-state index in [0.29, 0.717) is 24.8 Å². The predicted molar refractivity (Wildman–Crippen MR) is 109 cm³/mol. The maximum atomic E-state index is 6.06. The summed E-state index contributed by atoms with van der Waals surface area (Å²) in [6.07, 6.45) is 2.11. The summed E-state index contributed by atoms with van der Waals surface area (Å²) in [5, 5.41) is 7.76. The summed E-state index contributed by atoms with van der Waals surface area (Å²) in [5.74, 6) is 2.08. The molecule has 4 rings (SSSR count). The summed E-state index contributed by atoms with van der Waals surface area (Å²) in [6.45, 7) is 4.32. The highest BCUT2D eigenvalue weighted by Crippen LogP contribution is 2.35. The molecule has 1 fully saturated rings. The fourth-order valence-corrected chi connectivity index (χ4v) is 3.73. The molecule has 1 saturated heterocycles. The number of fused-ring (bicyclic) bond motifs is 1. The van der Waals surface area contributed by atoms with Gasteiger partial charge in [0.1, 0.15) is 11.6 Å². The van der Waals surface area contributed by atoms with Crippen molar-refractivity contribution in [2.75, 3.05) is 43.2 Å². The number of rotatable bonds is 5. The average Bonchev–Trinajstić information content (AvgIpc) is 3.08. The first-order chi connectivity index (χ1) is 13.6. The van der Waals surface area contributed by atoms with Gasteiger partial charge in [0.15, 0.2) is 5.82 Å². The summed E-state index contributed by atoms with van der Waals surface area (Å²) in [4.78, 5) is 11.2. The Bertz CT molecular complexity index is 986. The molecule has 9 nitrogen and oxygen atoms in total. The van der Waals surface area contributed by atoms with Gasteiger partial charge in [0.05, 0.1) is 43.0 Å². The molecule has 0 saturated carbocycles. The quantitative estimate of drug-likeness (QED) is 0.612. The number of nitrogen functional groups attached to an aromatic ring is 2. The number of nitrogens with two attached hydrogens (primary N) is 2. The molecule has 0 bridgehead atoms. The fraction of sp³-hybridized carbons (Fsp3) is 0.421. The number of nitrogens with zero attached hydrogens (tertiary/aromatic N) is 4. The first-order valence-corrected chi connectivity index (χ1v) is 9.41. The van der Waals surface area contributed by atoms with Crippen LogP contribution >= 0.6 is 0 Å². The highest BCUT2D eigenvalue weighted by Gasteiger charge is 2.24. The lowest BCUT2D eigenvalue weighted by molar-refractivity contribution is 0.0909. The van der Waals surface area contributed by atoms with Crippen LogP contribution in [0.2, 0.25) is 0 Å². The molecule has 1 aliphatic heterocycles. The molecule has 3 heterocycles. The number of anilines is 3. The Hall–Kier alpha value is -3.07. The van der Waals surface area contributed by atoms with E-state index in [4.69, 9.17) is 20.9 Å². The Kier molecular flexibility index (Phi) is 4.91. The van der Waals surface area contributed by atoms with Crippen LogP contribution in [0.25, 0.3) is 22.2 Å². The summed E-state index contributed by atoms with van der Waals surface area (Å²) in [5.41, 5.74) is 14.4. The van der Waals surface area contributed by atoms with E-state index in [-0.39, 0.29) is 12.0 Å². The molecule has 9 heteroatoms. The molecule has 0 unspecified atom stereocenters. The monoisotopic (exact) mass is 383 g/mol. The summed E-state index contributed by atoms with van der Waals surface area (Å²) < 4.78 is 11.2. The number of nitrogens with one attached hydrogen (secondary N) is 1. The number of morpholine rings is 1. The van der Waals surface area contributed by atoms with Crippen molar-refractivity contribution in [1.29, 1.82) is 0 Å². The Morgan fingerprint density at radius 2 is 2.14 bits per heavy atom. The molecule has 0 amide bonds. The molecule has 148 valence electrons. The van der Waals surface area contributed by atoms with Gasteiger partial charge in [0.25, 0.3) is 0 Å². The van der Waals surface area contributed by atoms with E-state index in [2.05, 4.69) is 32.0 Å². The number of hydrogen-bond donors (Lipinski definition) is 3. The molecule has 0 spiro atoms. The Morgan fingerprint density at radius 3 is 2.93 bits per heavy atom. The molecule has 3 aromatic rings.